The SMILES string of the molecule is CCNC(=O)[C@H](C)N(Cc1c(Cl)cccc1Cl)C(=O)CN(c1ccccc1OCC)S(=O)(=O)c1ccccc1. The summed E-state index contributed by atoms with van der Waals surface area (Å²) < 4.78 is 34.5. The lowest BCUT2D eigenvalue weighted by Gasteiger charge is -2.32. The monoisotopic (exact) mass is 591 g/mol. The Morgan fingerprint density at radius 3 is 2.15 bits per heavy atom. The Labute approximate surface area is 239 Å². The molecule has 0 fully saturated rings. The van der Waals surface area contributed by atoms with Crippen LogP contribution >= 0.6 is 23.2 Å². The molecule has 0 aliphatic heterocycles. The van der Waals surface area contributed by atoms with Crippen molar-refractivity contribution in [3.63, 3.8) is 0 Å². The summed E-state index contributed by atoms with van der Waals surface area (Å²) in [5.74, 6) is -0.735. The number of sulfonamides is 1. The summed E-state index contributed by atoms with van der Waals surface area (Å²) in [7, 11) is -4.22. The van der Waals surface area contributed by atoms with Crippen LogP contribution in [0.4, 0.5) is 5.69 Å². The number of benzene rings is 3. The third kappa shape index (κ3) is 7.23. The van der Waals surface area contributed by atoms with Crippen molar-refractivity contribution in [2.75, 3.05) is 24.0 Å². The fourth-order valence-corrected chi connectivity index (χ4v) is 5.89. The van der Waals surface area contributed by atoms with Crippen LogP contribution in [0.2, 0.25) is 10.0 Å². The van der Waals surface area contributed by atoms with Crippen molar-refractivity contribution < 1.29 is 22.7 Å². The number of hydrogen-bond acceptors (Lipinski definition) is 5. The Morgan fingerprint density at radius 1 is 0.923 bits per heavy atom. The zero-order valence-corrected chi connectivity index (χ0v) is 24.3. The molecule has 2 amide bonds. The van der Waals surface area contributed by atoms with Crippen molar-refractivity contribution in [1.29, 1.82) is 0 Å². The summed E-state index contributed by atoms with van der Waals surface area (Å²) in [5.41, 5.74) is 0.635. The molecule has 0 aliphatic carbocycles. The van der Waals surface area contributed by atoms with Gasteiger partial charge in [-0.15, -0.1) is 0 Å². The van der Waals surface area contributed by atoms with E-state index in [0.29, 0.717) is 27.9 Å². The van der Waals surface area contributed by atoms with Crippen molar-refractivity contribution in [3.8, 4) is 5.75 Å². The van der Waals surface area contributed by atoms with E-state index in [1.54, 1.807) is 81.4 Å². The summed E-state index contributed by atoms with van der Waals surface area (Å²) in [5, 5.41) is 3.35. The molecule has 0 bridgehead atoms. The van der Waals surface area contributed by atoms with Crippen LogP contribution in [0.15, 0.2) is 77.7 Å². The third-order valence-corrected chi connectivity index (χ3v) is 8.43. The van der Waals surface area contributed by atoms with Gasteiger partial charge < -0.3 is 15.0 Å². The smallest absolute Gasteiger partial charge is 0.264 e. The molecular weight excluding hydrogens is 561 g/mol. The van der Waals surface area contributed by atoms with E-state index < -0.39 is 34.4 Å². The van der Waals surface area contributed by atoms with Crippen LogP contribution in [0.25, 0.3) is 0 Å². The fraction of sp³-hybridized carbons (Fsp3) is 0.286. The molecule has 8 nitrogen and oxygen atoms in total. The van der Waals surface area contributed by atoms with E-state index in [1.165, 1.54) is 17.0 Å². The van der Waals surface area contributed by atoms with E-state index in [-0.39, 0.29) is 23.7 Å². The fourth-order valence-electron chi connectivity index (χ4n) is 3.93. The summed E-state index contributed by atoms with van der Waals surface area (Å²) >= 11 is 12.8. The van der Waals surface area contributed by atoms with Gasteiger partial charge in [-0.05, 0) is 57.2 Å². The normalized spacial score (nSPS) is 11.9. The lowest BCUT2D eigenvalue weighted by Crippen LogP contribution is -2.51. The highest BCUT2D eigenvalue weighted by molar-refractivity contribution is 7.92. The predicted molar refractivity (Wildman–Crippen MR) is 154 cm³/mol. The van der Waals surface area contributed by atoms with E-state index in [0.717, 1.165) is 4.31 Å². The number of ether oxygens (including phenoxy) is 1. The molecular formula is C28H31Cl2N3O5S. The summed E-state index contributed by atoms with van der Waals surface area (Å²) in [6.45, 7) is 5.04. The van der Waals surface area contributed by atoms with Crippen LogP contribution < -0.4 is 14.4 Å². The highest BCUT2D eigenvalue weighted by Gasteiger charge is 2.34. The van der Waals surface area contributed by atoms with E-state index in [4.69, 9.17) is 27.9 Å². The molecule has 0 unspecified atom stereocenters. The van der Waals surface area contributed by atoms with Gasteiger partial charge in [-0.25, -0.2) is 8.42 Å². The first-order valence-corrected chi connectivity index (χ1v) is 14.6. The second-order valence-corrected chi connectivity index (χ2v) is 11.2. The van der Waals surface area contributed by atoms with E-state index in [9.17, 15) is 18.0 Å². The van der Waals surface area contributed by atoms with Gasteiger partial charge >= 0.3 is 0 Å². The van der Waals surface area contributed by atoms with Crippen LogP contribution in [0.5, 0.6) is 5.75 Å². The van der Waals surface area contributed by atoms with E-state index >= 15 is 0 Å². The maximum Gasteiger partial charge on any atom is 0.264 e. The number of amides is 2. The molecule has 1 N–H and O–H groups in total. The molecule has 3 aromatic rings. The summed E-state index contributed by atoms with van der Waals surface area (Å²) in [6.07, 6.45) is 0. The van der Waals surface area contributed by atoms with Crippen molar-refractivity contribution >= 4 is 50.7 Å². The van der Waals surface area contributed by atoms with E-state index in [2.05, 4.69) is 5.32 Å². The van der Waals surface area contributed by atoms with Gasteiger partial charge in [0.1, 0.15) is 18.3 Å². The van der Waals surface area contributed by atoms with Crippen LogP contribution in [0, 0.1) is 0 Å². The number of anilines is 1. The average molecular weight is 593 g/mol. The zero-order chi connectivity index (χ0) is 28.6. The first-order chi connectivity index (χ1) is 18.6. The largest absolute Gasteiger partial charge is 0.492 e. The second kappa shape index (κ2) is 13.7. The zero-order valence-electron chi connectivity index (χ0n) is 21.9. The number of likely N-dealkylation sites (N-methyl/N-ethyl adjacent to an activating group) is 1. The van der Waals surface area contributed by atoms with E-state index in [1.807, 2.05) is 0 Å². The van der Waals surface area contributed by atoms with Gasteiger partial charge in [0.15, 0.2) is 0 Å². The van der Waals surface area contributed by atoms with Crippen molar-refractivity contribution in [2.45, 2.75) is 38.3 Å². The number of rotatable bonds is 12. The van der Waals surface area contributed by atoms with Gasteiger partial charge in [-0.1, -0.05) is 59.6 Å². The average Bonchev–Trinajstić information content (AvgIpc) is 2.92. The first kappa shape index (κ1) is 30.3. The quantitative estimate of drug-likeness (QED) is 0.314. The van der Waals surface area contributed by atoms with Crippen LogP contribution in [0.3, 0.4) is 0 Å². The molecule has 11 heteroatoms. The summed E-state index contributed by atoms with van der Waals surface area (Å²) in [6, 6.07) is 18.4. The maximum atomic E-state index is 14.0. The summed E-state index contributed by atoms with van der Waals surface area (Å²) in [4.78, 5) is 28.1. The molecule has 3 rings (SSSR count). The number of para-hydroxylation sites is 2. The predicted octanol–water partition coefficient (Wildman–Crippen LogP) is 5.14. The minimum absolute atomic E-state index is 0.00146. The topological polar surface area (TPSA) is 96.0 Å². The molecule has 0 saturated carbocycles. The Balaban J connectivity index is 2.11. The minimum Gasteiger partial charge on any atom is -0.492 e. The van der Waals surface area contributed by atoms with Crippen molar-refractivity contribution in [3.05, 3.63) is 88.4 Å². The Bertz CT molecular complexity index is 1380. The molecule has 3 aromatic carbocycles. The van der Waals surface area contributed by atoms with Crippen molar-refractivity contribution in [1.82, 2.24) is 10.2 Å². The molecule has 208 valence electrons. The number of carbonyl (C=O) groups is 2. The highest BCUT2D eigenvalue weighted by Crippen LogP contribution is 2.33. The third-order valence-electron chi connectivity index (χ3n) is 5.95. The second-order valence-electron chi connectivity index (χ2n) is 8.52. The lowest BCUT2D eigenvalue weighted by atomic mass is 10.1. The van der Waals surface area contributed by atoms with Crippen LogP contribution in [-0.2, 0) is 26.2 Å². The number of hydrogen-bond donors (Lipinski definition) is 1. The Morgan fingerprint density at radius 2 is 1.54 bits per heavy atom. The lowest BCUT2D eigenvalue weighted by molar-refractivity contribution is -0.139. The highest BCUT2D eigenvalue weighted by atomic mass is 35.5. The standard InChI is InChI=1S/C28H31Cl2N3O5S/c1-4-31-28(35)20(3)32(18-22-23(29)14-11-15-24(22)30)27(34)19-33(25-16-9-10-17-26(25)38-5-2)39(36,37)21-12-7-6-8-13-21/h6-17,20H,4-5,18-19H2,1-3H3,(H,31,35)/t20-/m0/s1. The van der Waals surface area contributed by atoms with Gasteiger partial charge in [0.2, 0.25) is 11.8 Å². The maximum absolute atomic E-state index is 14.0. The number of nitrogens with one attached hydrogen (secondary N) is 1. The van der Waals surface area contributed by atoms with Gasteiger partial charge in [-0.3, -0.25) is 13.9 Å². The van der Waals surface area contributed by atoms with Gasteiger partial charge in [-0.2, -0.15) is 0 Å². The van der Waals surface area contributed by atoms with Crippen LogP contribution in [0.1, 0.15) is 26.3 Å². The number of halogens is 2. The molecule has 0 spiro atoms. The molecule has 0 radical (unpaired) electrons. The Hall–Kier alpha value is -3.27. The molecule has 0 heterocycles. The molecule has 0 aromatic heterocycles. The van der Waals surface area contributed by atoms with Gasteiger partial charge in [0.05, 0.1) is 17.2 Å². The first-order valence-electron chi connectivity index (χ1n) is 12.4. The molecule has 0 aliphatic rings. The van der Waals surface area contributed by atoms with Gasteiger partial charge in [0, 0.05) is 28.7 Å². The molecule has 39 heavy (non-hydrogen) atoms. The Kier molecular flexibility index (Phi) is 10.6. The van der Waals surface area contributed by atoms with Crippen molar-refractivity contribution in [2.24, 2.45) is 0 Å². The molecule has 1 atom stereocenters. The van der Waals surface area contributed by atoms with Gasteiger partial charge in [0.25, 0.3) is 10.0 Å². The number of carbonyl (C=O) groups excluding carboxylic acids is 2. The minimum atomic E-state index is -4.22. The van der Waals surface area contributed by atoms with Crippen LogP contribution in [-0.4, -0.2) is 50.9 Å². The molecule has 0 saturated heterocycles. The number of nitrogens with zero attached hydrogens (tertiary/aromatic N) is 2.